The van der Waals surface area contributed by atoms with Gasteiger partial charge in [0, 0.05) is 11.6 Å². The van der Waals surface area contributed by atoms with Crippen LogP contribution >= 0.6 is 0 Å². The van der Waals surface area contributed by atoms with E-state index in [4.69, 9.17) is 9.47 Å². The summed E-state index contributed by atoms with van der Waals surface area (Å²) in [6.45, 7) is 1.96. The molecular weight excluding hydrogens is 313 g/mol. The van der Waals surface area contributed by atoms with E-state index < -0.39 is 6.10 Å². The molecule has 126 valence electrons. The van der Waals surface area contributed by atoms with E-state index >= 15 is 0 Å². The molecular formula is C18H18FNO4. The SMILES string of the molecule is CC(CC(O)c1ccc(F)cc1)NC(=O)c1ccc2c(c1)OCO2. The highest BCUT2D eigenvalue weighted by Gasteiger charge is 2.19. The normalized spacial score (nSPS) is 15.0. The van der Waals surface area contributed by atoms with Crippen LogP contribution in [0.15, 0.2) is 42.5 Å². The third-order valence-corrected chi connectivity index (χ3v) is 3.84. The van der Waals surface area contributed by atoms with Crippen molar-refractivity contribution >= 4 is 5.91 Å². The first-order valence-electron chi connectivity index (χ1n) is 7.67. The van der Waals surface area contributed by atoms with E-state index in [0.29, 0.717) is 29.0 Å². The Labute approximate surface area is 139 Å². The van der Waals surface area contributed by atoms with Gasteiger partial charge in [0.1, 0.15) is 5.82 Å². The molecule has 0 radical (unpaired) electrons. The number of fused-ring (bicyclic) bond motifs is 1. The van der Waals surface area contributed by atoms with Crippen LogP contribution < -0.4 is 14.8 Å². The topological polar surface area (TPSA) is 67.8 Å². The van der Waals surface area contributed by atoms with Crippen molar-refractivity contribution in [1.29, 1.82) is 0 Å². The number of nitrogens with one attached hydrogen (secondary N) is 1. The summed E-state index contributed by atoms with van der Waals surface area (Å²) >= 11 is 0. The van der Waals surface area contributed by atoms with Gasteiger partial charge in [-0.15, -0.1) is 0 Å². The number of carbonyl (C=O) groups is 1. The summed E-state index contributed by atoms with van der Waals surface area (Å²) in [6, 6.07) is 10.4. The molecule has 0 saturated carbocycles. The molecule has 1 heterocycles. The summed E-state index contributed by atoms with van der Waals surface area (Å²) < 4.78 is 23.4. The molecule has 0 fully saturated rings. The number of ether oxygens (including phenoxy) is 2. The Morgan fingerprint density at radius 2 is 1.92 bits per heavy atom. The Kier molecular flexibility index (Phi) is 4.66. The molecule has 2 aromatic carbocycles. The van der Waals surface area contributed by atoms with E-state index in [1.807, 2.05) is 0 Å². The maximum Gasteiger partial charge on any atom is 0.251 e. The zero-order valence-corrected chi connectivity index (χ0v) is 13.2. The summed E-state index contributed by atoms with van der Waals surface area (Å²) in [7, 11) is 0. The Bertz CT molecular complexity index is 732. The highest BCUT2D eigenvalue weighted by Crippen LogP contribution is 2.32. The van der Waals surface area contributed by atoms with Crippen molar-refractivity contribution in [3.05, 3.63) is 59.4 Å². The Hall–Kier alpha value is -2.60. The van der Waals surface area contributed by atoms with Crippen molar-refractivity contribution in [1.82, 2.24) is 5.32 Å². The molecule has 2 N–H and O–H groups in total. The molecule has 0 bridgehead atoms. The minimum atomic E-state index is -0.780. The number of hydrogen-bond acceptors (Lipinski definition) is 4. The van der Waals surface area contributed by atoms with Crippen LogP contribution in [-0.4, -0.2) is 23.8 Å². The predicted octanol–water partition coefficient (Wildman–Crippen LogP) is 2.80. The molecule has 1 aliphatic rings. The molecule has 2 unspecified atom stereocenters. The smallest absolute Gasteiger partial charge is 0.251 e. The number of aliphatic hydroxyl groups excluding tert-OH is 1. The number of halogens is 1. The van der Waals surface area contributed by atoms with Gasteiger partial charge in [-0.05, 0) is 49.2 Å². The number of benzene rings is 2. The number of amides is 1. The van der Waals surface area contributed by atoms with Gasteiger partial charge in [-0.3, -0.25) is 4.79 Å². The lowest BCUT2D eigenvalue weighted by Gasteiger charge is -2.18. The minimum absolute atomic E-state index is 0.153. The largest absolute Gasteiger partial charge is 0.454 e. The molecule has 0 aliphatic carbocycles. The first kappa shape index (κ1) is 16.3. The van der Waals surface area contributed by atoms with Crippen LogP contribution in [0.2, 0.25) is 0 Å². The summed E-state index contributed by atoms with van der Waals surface area (Å²) in [6.07, 6.45) is -0.459. The van der Waals surface area contributed by atoms with Gasteiger partial charge in [0.05, 0.1) is 6.10 Å². The van der Waals surface area contributed by atoms with E-state index in [9.17, 15) is 14.3 Å². The second-order valence-electron chi connectivity index (χ2n) is 5.75. The van der Waals surface area contributed by atoms with Crippen LogP contribution in [0.1, 0.15) is 35.4 Å². The highest BCUT2D eigenvalue weighted by atomic mass is 19.1. The molecule has 0 aromatic heterocycles. The van der Waals surface area contributed by atoms with E-state index in [0.717, 1.165) is 0 Å². The molecule has 6 heteroatoms. The van der Waals surface area contributed by atoms with Crippen molar-refractivity contribution in [2.45, 2.75) is 25.5 Å². The van der Waals surface area contributed by atoms with E-state index in [1.165, 1.54) is 24.3 Å². The lowest BCUT2D eigenvalue weighted by atomic mass is 10.0. The second-order valence-corrected chi connectivity index (χ2v) is 5.75. The molecule has 5 nitrogen and oxygen atoms in total. The summed E-state index contributed by atoms with van der Waals surface area (Å²) in [5.74, 6) is 0.551. The molecule has 3 rings (SSSR count). The van der Waals surface area contributed by atoms with Gasteiger partial charge in [0.25, 0.3) is 5.91 Å². The fraction of sp³-hybridized carbons (Fsp3) is 0.278. The quantitative estimate of drug-likeness (QED) is 0.884. The van der Waals surface area contributed by atoms with E-state index in [1.54, 1.807) is 25.1 Å². The molecule has 24 heavy (non-hydrogen) atoms. The highest BCUT2D eigenvalue weighted by molar-refractivity contribution is 5.95. The third-order valence-electron chi connectivity index (χ3n) is 3.84. The number of rotatable bonds is 5. The minimum Gasteiger partial charge on any atom is -0.454 e. The molecule has 2 aromatic rings. The van der Waals surface area contributed by atoms with Gasteiger partial charge in [0.15, 0.2) is 11.5 Å². The van der Waals surface area contributed by atoms with Gasteiger partial charge in [-0.1, -0.05) is 12.1 Å². The fourth-order valence-corrected chi connectivity index (χ4v) is 2.56. The van der Waals surface area contributed by atoms with E-state index in [-0.39, 0.29) is 24.6 Å². The second kappa shape index (κ2) is 6.88. The predicted molar refractivity (Wildman–Crippen MR) is 85.5 cm³/mol. The lowest BCUT2D eigenvalue weighted by Crippen LogP contribution is -2.33. The summed E-state index contributed by atoms with van der Waals surface area (Å²) in [5, 5.41) is 13.0. The molecule has 2 atom stereocenters. The van der Waals surface area contributed by atoms with Crippen LogP contribution in [0, 0.1) is 5.82 Å². The van der Waals surface area contributed by atoms with Gasteiger partial charge in [-0.25, -0.2) is 4.39 Å². The zero-order chi connectivity index (χ0) is 17.1. The number of hydrogen-bond donors (Lipinski definition) is 2. The van der Waals surface area contributed by atoms with Gasteiger partial charge >= 0.3 is 0 Å². The van der Waals surface area contributed by atoms with Crippen LogP contribution in [0.4, 0.5) is 4.39 Å². The Morgan fingerprint density at radius 3 is 2.67 bits per heavy atom. The van der Waals surface area contributed by atoms with Crippen molar-refractivity contribution < 1.29 is 23.8 Å². The molecule has 1 amide bonds. The van der Waals surface area contributed by atoms with Gasteiger partial charge in [0.2, 0.25) is 6.79 Å². The van der Waals surface area contributed by atoms with Crippen molar-refractivity contribution in [3.8, 4) is 11.5 Å². The lowest BCUT2D eigenvalue weighted by molar-refractivity contribution is 0.0916. The number of aliphatic hydroxyl groups is 1. The van der Waals surface area contributed by atoms with Crippen molar-refractivity contribution in [2.24, 2.45) is 0 Å². The van der Waals surface area contributed by atoms with Crippen LogP contribution in [0.5, 0.6) is 11.5 Å². The summed E-state index contributed by atoms with van der Waals surface area (Å²) in [4.78, 5) is 12.3. The van der Waals surface area contributed by atoms with Gasteiger partial charge in [-0.2, -0.15) is 0 Å². The van der Waals surface area contributed by atoms with Crippen molar-refractivity contribution in [3.63, 3.8) is 0 Å². The third kappa shape index (κ3) is 3.65. The molecule has 0 saturated heterocycles. The van der Waals surface area contributed by atoms with Crippen LogP contribution in [-0.2, 0) is 0 Å². The maximum atomic E-state index is 12.9. The number of carbonyl (C=O) groups excluding carboxylic acids is 1. The van der Waals surface area contributed by atoms with E-state index in [2.05, 4.69) is 5.32 Å². The Morgan fingerprint density at radius 1 is 1.21 bits per heavy atom. The maximum absolute atomic E-state index is 12.9. The first-order valence-corrected chi connectivity index (χ1v) is 7.67. The Balaban J connectivity index is 1.58. The molecule has 1 aliphatic heterocycles. The van der Waals surface area contributed by atoms with Gasteiger partial charge < -0.3 is 19.9 Å². The monoisotopic (exact) mass is 331 g/mol. The first-order chi connectivity index (χ1) is 11.5. The molecule has 0 spiro atoms. The zero-order valence-electron chi connectivity index (χ0n) is 13.2. The fourth-order valence-electron chi connectivity index (χ4n) is 2.56. The van der Waals surface area contributed by atoms with Crippen LogP contribution in [0.3, 0.4) is 0 Å². The van der Waals surface area contributed by atoms with Crippen molar-refractivity contribution in [2.75, 3.05) is 6.79 Å². The average molecular weight is 331 g/mol. The van der Waals surface area contributed by atoms with Crippen LogP contribution in [0.25, 0.3) is 0 Å². The standard InChI is InChI=1S/C18H18FNO4/c1-11(8-15(21)12-2-5-14(19)6-3-12)20-18(22)13-4-7-16-17(9-13)24-10-23-16/h2-7,9,11,15,21H,8,10H2,1H3,(H,20,22). The average Bonchev–Trinajstić information content (AvgIpc) is 3.02. The summed E-state index contributed by atoms with van der Waals surface area (Å²) in [5.41, 5.74) is 1.07.